The number of hydrazone groups is 1. The van der Waals surface area contributed by atoms with Crippen molar-refractivity contribution in [3.8, 4) is 0 Å². The van der Waals surface area contributed by atoms with Crippen LogP contribution in [0.2, 0.25) is 0 Å². The molecular weight excluding hydrogens is 312 g/mol. The Morgan fingerprint density at radius 3 is 2.44 bits per heavy atom. The minimum Gasteiger partial charge on any atom is -0.378 e. The summed E-state index contributed by atoms with van der Waals surface area (Å²) in [6.07, 6.45) is 1.65. The quantitative estimate of drug-likeness (QED) is 0.559. The second-order valence-corrected chi connectivity index (χ2v) is 5.83. The minimum atomic E-state index is -0.380. The van der Waals surface area contributed by atoms with Crippen LogP contribution in [0.4, 0.5) is 16.2 Å². The predicted octanol–water partition coefficient (Wildman–Crippen LogP) is 4.06. The molecule has 2 N–H and O–H groups in total. The lowest BCUT2D eigenvalue weighted by Crippen LogP contribution is -2.24. The summed E-state index contributed by atoms with van der Waals surface area (Å²) in [5.41, 5.74) is 5.22. The molecule has 0 fully saturated rings. The predicted molar refractivity (Wildman–Crippen MR) is 104 cm³/mol. The van der Waals surface area contributed by atoms with Gasteiger partial charge in [0.05, 0.1) is 6.21 Å². The summed E-state index contributed by atoms with van der Waals surface area (Å²) in [5, 5.41) is 9.02. The number of urea groups is 1. The van der Waals surface area contributed by atoms with Crippen LogP contribution in [0.3, 0.4) is 0 Å². The standard InChI is InChI=1S/C20H20N4O/c1-24(2)18-12-10-17(11-13-18)22-20(25)23-21-14-16-8-5-7-15-6-3-4-9-19(15)16/h3-14H,1-2H3,(H2,22,23,25)/b21-14-. The second-order valence-electron chi connectivity index (χ2n) is 5.83. The van der Waals surface area contributed by atoms with Crippen LogP contribution in [0.5, 0.6) is 0 Å². The first-order chi connectivity index (χ1) is 12.1. The number of carbonyl (C=O) groups is 1. The van der Waals surface area contributed by atoms with Gasteiger partial charge in [-0.1, -0.05) is 42.5 Å². The summed E-state index contributed by atoms with van der Waals surface area (Å²) in [5.74, 6) is 0. The highest BCUT2D eigenvalue weighted by Crippen LogP contribution is 2.17. The Labute approximate surface area is 147 Å². The van der Waals surface area contributed by atoms with Gasteiger partial charge in [0.2, 0.25) is 0 Å². The molecule has 0 heterocycles. The molecule has 5 heteroatoms. The lowest BCUT2D eigenvalue weighted by atomic mass is 10.1. The SMILES string of the molecule is CN(C)c1ccc(NC(=O)N/N=C\c2cccc3ccccc23)cc1. The van der Waals surface area contributed by atoms with E-state index in [0.29, 0.717) is 5.69 Å². The molecule has 5 nitrogen and oxygen atoms in total. The van der Waals surface area contributed by atoms with Crippen molar-refractivity contribution in [3.63, 3.8) is 0 Å². The van der Waals surface area contributed by atoms with E-state index in [1.807, 2.05) is 85.7 Å². The number of rotatable bonds is 4. The largest absolute Gasteiger partial charge is 0.378 e. The number of nitrogens with zero attached hydrogens (tertiary/aromatic N) is 2. The highest BCUT2D eigenvalue weighted by atomic mass is 16.2. The first-order valence-electron chi connectivity index (χ1n) is 7.99. The first kappa shape index (κ1) is 16.5. The van der Waals surface area contributed by atoms with E-state index in [4.69, 9.17) is 0 Å². The Balaban J connectivity index is 1.62. The van der Waals surface area contributed by atoms with Gasteiger partial charge >= 0.3 is 6.03 Å². The molecule has 0 spiro atoms. The van der Waals surface area contributed by atoms with E-state index in [1.165, 1.54) is 0 Å². The molecule has 0 saturated heterocycles. The highest BCUT2D eigenvalue weighted by Gasteiger charge is 2.01. The molecule has 0 saturated carbocycles. The zero-order chi connectivity index (χ0) is 17.6. The lowest BCUT2D eigenvalue weighted by molar-refractivity contribution is 0.252. The zero-order valence-corrected chi connectivity index (χ0v) is 14.2. The molecule has 126 valence electrons. The third kappa shape index (κ3) is 4.14. The fraction of sp³-hybridized carbons (Fsp3) is 0.100. The van der Waals surface area contributed by atoms with Crippen LogP contribution in [0.25, 0.3) is 10.8 Å². The molecule has 0 aromatic heterocycles. The summed E-state index contributed by atoms with van der Waals surface area (Å²) in [6.45, 7) is 0. The van der Waals surface area contributed by atoms with Crippen molar-refractivity contribution in [1.82, 2.24) is 5.43 Å². The van der Waals surface area contributed by atoms with Crippen LogP contribution in [0.15, 0.2) is 71.8 Å². The van der Waals surface area contributed by atoms with E-state index in [-0.39, 0.29) is 6.03 Å². The maximum absolute atomic E-state index is 11.9. The van der Waals surface area contributed by atoms with Crippen LogP contribution < -0.4 is 15.6 Å². The van der Waals surface area contributed by atoms with E-state index in [2.05, 4.69) is 15.8 Å². The van der Waals surface area contributed by atoms with E-state index in [0.717, 1.165) is 22.0 Å². The lowest BCUT2D eigenvalue weighted by Gasteiger charge is -2.12. The van der Waals surface area contributed by atoms with Gasteiger partial charge in [-0.3, -0.25) is 0 Å². The van der Waals surface area contributed by atoms with Gasteiger partial charge in [-0.2, -0.15) is 5.10 Å². The minimum absolute atomic E-state index is 0.380. The molecule has 25 heavy (non-hydrogen) atoms. The molecule has 3 aromatic carbocycles. The molecule has 0 unspecified atom stereocenters. The average Bonchev–Trinajstić information content (AvgIpc) is 2.62. The Morgan fingerprint density at radius 2 is 1.68 bits per heavy atom. The normalized spacial score (nSPS) is 10.8. The summed E-state index contributed by atoms with van der Waals surface area (Å²) in [6, 6.07) is 21.2. The third-order valence-corrected chi connectivity index (χ3v) is 3.83. The second kappa shape index (κ2) is 7.49. The summed E-state index contributed by atoms with van der Waals surface area (Å²) in [4.78, 5) is 13.9. The maximum atomic E-state index is 11.9. The number of fused-ring (bicyclic) bond motifs is 1. The molecule has 0 aliphatic carbocycles. The van der Waals surface area contributed by atoms with Crippen LogP contribution >= 0.6 is 0 Å². The smallest absolute Gasteiger partial charge is 0.339 e. The number of carbonyl (C=O) groups excluding carboxylic acids is 1. The Hall–Kier alpha value is -3.34. The van der Waals surface area contributed by atoms with Gasteiger partial charge in [0, 0.05) is 31.0 Å². The van der Waals surface area contributed by atoms with Crippen molar-refractivity contribution in [2.24, 2.45) is 5.10 Å². The summed E-state index contributed by atoms with van der Waals surface area (Å²) < 4.78 is 0. The van der Waals surface area contributed by atoms with E-state index in [1.54, 1.807) is 6.21 Å². The highest BCUT2D eigenvalue weighted by molar-refractivity contribution is 6.00. The van der Waals surface area contributed by atoms with Crippen molar-refractivity contribution in [1.29, 1.82) is 0 Å². The number of benzene rings is 3. The Kier molecular flexibility index (Phi) is 4.95. The van der Waals surface area contributed by atoms with Gasteiger partial charge in [0.15, 0.2) is 0 Å². The van der Waals surface area contributed by atoms with Crippen molar-refractivity contribution in [3.05, 3.63) is 72.3 Å². The third-order valence-electron chi connectivity index (χ3n) is 3.83. The fourth-order valence-corrected chi connectivity index (χ4v) is 2.53. The van der Waals surface area contributed by atoms with Gasteiger partial charge in [-0.25, -0.2) is 10.2 Å². The zero-order valence-electron chi connectivity index (χ0n) is 14.2. The van der Waals surface area contributed by atoms with Gasteiger partial charge in [0.1, 0.15) is 0 Å². The monoisotopic (exact) mass is 332 g/mol. The molecule has 3 aromatic rings. The van der Waals surface area contributed by atoms with E-state index in [9.17, 15) is 4.79 Å². The average molecular weight is 332 g/mol. The van der Waals surface area contributed by atoms with Crippen molar-refractivity contribution in [2.75, 3.05) is 24.3 Å². The topological polar surface area (TPSA) is 56.7 Å². The van der Waals surface area contributed by atoms with Crippen LogP contribution in [0, 0.1) is 0 Å². The van der Waals surface area contributed by atoms with Crippen molar-refractivity contribution < 1.29 is 4.79 Å². The van der Waals surface area contributed by atoms with Crippen LogP contribution in [0.1, 0.15) is 5.56 Å². The van der Waals surface area contributed by atoms with E-state index >= 15 is 0 Å². The molecule has 0 aliphatic rings. The Bertz CT molecular complexity index is 896. The number of nitrogens with one attached hydrogen (secondary N) is 2. The summed E-state index contributed by atoms with van der Waals surface area (Å²) >= 11 is 0. The number of hydrogen-bond donors (Lipinski definition) is 2. The molecule has 0 atom stereocenters. The molecule has 0 bridgehead atoms. The van der Waals surface area contributed by atoms with E-state index < -0.39 is 0 Å². The van der Waals surface area contributed by atoms with Crippen LogP contribution in [-0.4, -0.2) is 26.3 Å². The maximum Gasteiger partial charge on any atom is 0.339 e. The molecule has 2 amide bonds. The molecule has 0 radical (unpaired) electrons. The van der Waals surface area contributed by atoms with Gasteiger partial charge in [-0.15, -0.1) is 0 Å². The summed E-state index contributed by atoms with van der Waals surface area (Å²) in [7, 11) is 3.94. The fourth-order valence-electron chi connectivity index (χ4n) is 2.53. The molecule has 3 rings (SSSR count). The molecular formula is C20H20N4O. The molecule has 0 aliphatic heterocycles. The number of amides is 2. The van der Waals surface area contributed by atoms with Gasteiger partial charge in [0.25, 0.3) is 0 Å². The van der Waals surface area contributed by atoms with Crippen molar-refractivity contribution in [2.45, 2.75) is 0 Å². The Morgan fingerprint density at radius 1 is 0.960 bits per heavy atom. The van der Waals surface area contributed by atoms with Gasteiger partial charge in [-0.05, 0) is 35.0 Å². The van der Waals surface area contributed by atoms with Crippen molar-refractivity contribution >= 4 is 34.4 Å². The van der Waals surface area contributed by atoms with Gasteiger partial charge < -0.3 is 10.2 Å². The first-order valence-corrected chi connectivity index (χ1v) is 7.99. The van der Waals surface area contributed by atoms with Crippen LogP contribution in [-0.2, 0) is 0 Å². The number of hydrogen-bond acceptors (Lipinski definition) is 3. The number of anilines is 2.